The van der Waals surface area contributed by atoms with E-state index in [-0.39, 0.29) is 17.6 Å². The van der Waals surface area contributed by atoms with E-state index in [1.165, 1.54) is 23.1 Å². The second-order valence-electron chi connectivity index (χ2n) is 5.40. The Morgan fingerprint density at radius 1 is 1.14 bits per heavy atom. The van der Waals surface area contributed by atoms with E-state index in [1.54, 1.807) is 55.6 Å². The van der Waals surface area contributed by atoms with Crippen LogP contribution in [-0.2, 0) is 4.79 Å². The van der Waals surface area contributed by atoms with Gasteiger partial charge in [-0.3, -0.25) is 14.9 Å². The number of nitrogens with one attached hydrogen (secondary N) is 2. The van der Waals surface area contributed by atoms with Gasteiger partial charge in [0, 0.05) is 21.8 Å². The molecule has 144 valence electrons. The Balaban J connectivity index is 1.50. The molecule has 0 radical (unpaired) electrons. The average molecular weight is 479 g/mol. The van der Waals surface area contributed by atoms with Crippen LogP contribution in [0.5, 0.6) is 5.75 Å². The van der Waals surface area contributed by atoms with Crippen molar-refractivity contribution in [3.8, 4) is 5.75 Å². The summed E-state index contributed by atoms with van der Waals surface area (Å²) in [6, 6.07) is 14.1. The molecule has 0 aliphatic carbocycles. The molecule has 0 saturated heterocycles. The molecule has 0 spiro atoms. The first-order valence-electron chi connectivity index (χ1n) is 8.00. The van der Waals surface area contributed by atoms with Gasteiger partial charge in [-0.15, -0.1) is 10.2 Å². The van der Waals surface area contributed by atoms with Gasteiger partial charge in [0.15, 0.2) is 4.34 Å². The Kier molecular flexibility index (Phi) is 7.01. The number of benzene rings is 2. The topological polar surface area (TPSA) is 93.2 Å². The van der Waals surface area contributed by atoms with E-state index in [1.807, 2.05) is 0 Å². The number of nitrogens with zero attached hydrogens (tertiary/aromatic N) is 2. The maximum Gasteiger partial charge on any atom is 0.257 e. The third-order valence-corrected chi connectivity index (χ3v) is 5.91. The highest BCUT2D eigenvalue weighted by molar-refractivity contribution is 9.10. The van der Waals surface area contributed by atoms with Gasteiger partial charge in [-0.2, -0.15) is 0 Å². The molecule has 0 aliphatic heterocycles. The summed E-state index contributed by atoms with van der Waals surface area (Å²) in [4.78, 5) is 24.3. The molecule has 0 fully saturated rings. The van der Waals surface area contributed by atoms with Crippen molar-refractivity contribution in [1.29, 1.82) is 0 Å². The maximum atomic E-state index is 12.2. The number of thioether (sulfide) groups is 1. The number of aromatic nitrogens is 2. The highest BCUT2D eigenvalue weighted by Crippen LogP contribution is 2.26. The van der Waals surface area contributed by atoms with Crippen molar-refractivity contribution in [2.75, 3.05) is 23.5 Å². The largest absolute Gasteiger partial charge is 0.497 e. The zero-order valence-electron chi connectivity index (χ0n) is 14.6. The summed E-state index contributed by atoms with van der Waals surface area (Å²) in [7, 11) is 1.57. The summed E-state index contributed by atoms with van der Waals surface area (Å²) in [6.07, 6.45) is 0. The van der Waals surface area contributed by atoms with Crippen LogP contribution in [0.4, 0.5) is 10.8 Å². The first-order chi connectivity index (χ1) is 13.5. The lowest BCUT2D eigenvalue weighted by molar-refractivity contribution is -0.113. The summed E-state index contributed by atoms with van der Waals surface area (Å²) < 4.78 is 6.61. The molecule has 7 nitrogen and oxygen atoms in total. The van der Waals surface area contributed by atoms with Crippen LogP contribution in [0.15, 0.2) is 57.3 Å². The quantitative estimate of drug-likeness (QED) is 0.388. The number of carbonyl (C=O) groups is 2. The van der Waals surface area contributed by atoms with Crippen molar-refractivity contribution < 1.29 is 14.3 Å². The number of amides is 2. The molecule has 1 aromatic heterocycles. The summed E-state index contributed by atoms with van der Waals surface area (Å²) in [5.41, 5.74) is 1.18. The van der Waals surface area contributed by atoms with Gasteiger partial charge in [0.25, 0.3) is 5.91 Å². The van der Waals surface area contributed by atoms with Crippen molar-refractivity contribution in [2.24, 2.45) is 0 Å². The number of hydrogen-bond donors (Lipinski definition) is 2. The van der Waals surface area contributed by atoms with Gasteiger partial charge in [0.1, 0.15) is 5.75 Å². The summed E-state index contributed by atoms with van der Waals surface area (Å²) >= 11 is 5.79. The Labute approximate surface area is 178 Å². The number of rotatable bonds is 7. The number of hydrogen-bond acceptors (Lipinski definition) is 7. The fourth-order valence-electron chi connectivity index (χ4n) is 2.11. The van der Waals surface area contributed by atoms with E-state index in [9.17, 15) is 9.59 Å². The monoisotopic (exact) mass is 478 g/mol. The minimum absolute atomic E-state index is 0.172. The minimum atomic E-state index is -0.268. The molecule has 3 rings (SSSR count). The second kappa shape index (κ2) is 9.67. The van der Waals surface area contributed by atoms with Crippen LogP contribution in [0.25, 0.3) is 0 Å². The van der Waals surface area contributed by atoms with Crippen LogP contribution in [0.3, 0.4) is 0 Å². The van der Waals surface area contributed by atoms with Crippen molar-refractivity contribution in [3.63, 3.8) is 0 Å². The summed E-state index contributed by atoms with van der Waals surface area (Å²) in [5.74, 6) is 0.401. The molecule has 28 heavy (non-hydrogen) atoms. The number of carbonyl (C=O) groups excluding carboxylic acids is 2. The fourth-order valence-corrected chi connectivity index (χ4v) is 3.93. The average Bonchev–Trinajstić information content (AvgIpc) is 3.14. The van der Waals surface area contributed by atoms with Crippen molar-refractivity contribution >= 4 is 61.7 Å². The van der Waals surface area contributed by atoms with Crippen LogP contribution >= 0.6 is 39.0 Å². The third-order valence-electron chi connectivity index (χ3n) is 3.41. The molecule has 2 aromatic carbocycles. The SMILES string of the molecule is COc1cccc(NC(=O)CSc2nnc(NC(=O)c3ccc(Br)cc3)s2)c1. The van der Waals surface area contributed by atoms with Crippen molar-refractivity contribution in [1.82, 2.24) is 10.2 Å². The molecule has 0 unspecified atom stereocenters. The number of anilines is 2. The standard InChI is InChI=1S/C18H15BrN4O3S2/c1-26-14-4-2-3-13(9-14)20-15(24)10-27-18-23-22-17(28-18)21-16(25)11-5-7-12(19)8-6-11/h2-9H,10H2,1H3,(H,20,24)(H,21,22,25). The van der Waals surface area contributed by atoms with Gasteiger partial charge in [0.2, 0.25) is 11.0 Å². The summed E-state index contributed by atoms with van der Waals surface area (Å²) in [5, 5.41) is 13.8. The van der Waals surface area contributed by atoms with Crippen molar-refractivity contribution in [2.45, 2.75) is 4.34 Å². The lowest BCUT2D eigenvalue weighted by atomic mass is 10.2. The molecular formula is C18H15BrN4O3S2. The van der Waals surface area contributed by atoms with Gasteiger partial charge in [-0.05, 0) is 36.4 Å². The van der Waals surface area contributed by atoms with Crippen LogP contribution in [0.2, 0.25) is 0 Å². The first kappa shape index (κ1) is 20.3. The minimum Gasteiger partial charge on any atom is -0.497 e. The molecule has 1 heterocycles. The lowest BCUT2D eigenvalue weighted by Gasteiger charge is -2.06. The van der Waals surface area contributed by atoms with E-state index in [0.717, 1.165) is 4.47 Å². The lowest BCUT2D eigenvalue weighted by Crippen LogP contribution is -2.13. The molecule has 0 atom stereocenters. The zero-order chi connectivity index (χ0) is 19.9. The van der Waals surface area contributed by atoms with Gasteiger partial charge in [-0.1, -0.05) is 45.1 Å². The van der Waals surface area contributed by atoms with Gasteiger partial charge >= 0.3 is 0 Å². The van der Waals surface area contributed by atoms with E-state index in [4.69, 9.17) is 4.74 Å². The van der Waals surface area contributed by atoms with Crippen LogP contribution in [0, 0.1) is 0 Å². The molecule has 0 bridgehead atoms. The zero-order valence-corrected chi connectivity index (χ0v) is 17.9. The Hall–Kier alpha value is -2.43. The van der Waals surface area contributed by atoms with Crippen LogP contribution in [0.1, 0.15) is 10.4 Å². The van der Waals surface area contributed by atoms with Gasteiger partial charge < -0.3 is 10.1 Å². The highest BCUT2D eigenvalue weighted by Gasteiger charge is 2.12. The fraction of sp³-hybridized carbons (Fsp3) is 0.111. The Bertz CT molecular complexity index is 979. The van der Waals surface area contributed by atoms with Gasteiger partial charge in [0.05, 0.1) is 12.9 Å². The molecule has 0 saturated carbocycles. The smallest absolute Gasteiger partial charge is 0.257 e. The second-order valence-corrected chi connectivity index (χ2v) is 8.52. The predicted octanol–water partition coefficient (Wildman–Crippen LogP) is 4.29. The van der Waals surface area contributed by atoms with E-state index in [2.05, 4.69) is 36.8 Å². The van der Waals surface area contributed by atoms with E-state index < -0.39 is 0 Å². The Morgan fingerprint density at radius 2 is 1.93 bits per heavy atom. The number of halogens is 1. The Morgan fingerprint density at radius 3 is 2.68 bits per heavy atom. The molecule has 2 amide bonds. The van der Waals surface area contributed by atoms with Gasteiger partial charge in [-0.25, -0.2) is 0 Å². The van der Waals surface area contributed by atoms with Crippen LogP contribution in [-0.4, -0.2) is 34.9 Å². The van der Waals surface area contributed by atoms with E-state index >= 15 is 0 Å². The molecular weight excluding hydrogens is 464 g/mol. The van der Waals surface area contributed by atoms with E-state index in [0.29, 0.717) is 26.5 Å². The number of ether oxygens (including phenoxy) is 1. The first-order valence-corrected chi connectivity index (χ1v) is 10.6. The summed E-state index contributed by atoms with van der Waals surface area (Å²) in [6.45, 7) is 0. The van der Waals surface area contributed by atoms with Crippen molar-refractivity contribution in [3.05, 3.63) is 58.6 Å². The maximum absolute atomic E-state index is 12.2. The highest BCUT2D eigenvalue weighted by atomic mass is 79.9. The molecule has 3 aromatic rings. The molecule has 2 N–H and O–H groups in total. The van der Waals surface area contributed by atoms with Crippen LogP contribution < -0.4 is 15.4 Å². The normalized spacial score (nSPS) is 10.4. The predicted molar refractivity (Wildman–Crippen MR) is 114 cm³/mol. The third kappa shape index (κ3) is 5.78. The molecule has 10 heteroatoms. The molecule has 0 aliphatic rings. The number of methoxy groups -OCH3 is 1.